The highest BCUT2D eigenvalue weighted by atomic mass is 79.9. The second kappa shape index (κ2) is 6.62. The fourth-order valence-electron chi connectivity index (χ4n) is 1.65. The second-order valence-electron chi connectivity index (χ2n) is 3.73. The molecule has 1 aromatic heterocycles. The highest BCUT2D eigenvalue weighted by Gasteiger charge is 2.08. The molecule has 0 saturated heterocycles. The van der Waals surface area contributed by atoms with Gasteiger partial charge in [0, 0.05) is 15.1 Å². The Morgan fingerprint density at radius 3 is 2.50 bits per heavy atom. The highest BCUT2D eigenvalue weighted by molar-refractivity contribution is 9.09. The average Bonchev–Trinajstić information content (AvgIpc) is 2.65. The van der Waals surface area contributed by atoms with Gasteiger partial charge in [-0.3, -0.25) is 0 Å². The SMILES string of the molecule is CCCC(CBr)Cc1ccc(CC)s1. The van der Waals surface area contributed by atoms with Gasteiger partial charge in [-0.15, -0.1) is 11.3 Å². The number of hydrogen-bond acceptors (Lipinski definition) is 1. The number of aryl methyl sites for hydroxylation is 1. The molecular formula is C12H19BrS. The van der Waals surface area contributed by atoms with Gasteiger partial charge in [-0.05, 0) is 37.3 Å². The van der Waals surface area contributed by atoms with Gasteiger partial charge in [-0.2, -0.15) is 0 Å². The number of hydrogen-bond donors (Lipinski definition) is 0. The van der Waals surface area contributed by atoms with E-state index in [1.807, 2.05) is 11.3 Å². The van der Waals surface area contributed by atoms with E-state index in [4.69, 9.17) is 0 Å². The molecule has 1 rings (SSSR count). The molecule has 0 aliphatic rings. The van der Waals surface area contributed by atoms with Crippen molar-refractivity contribution in [3.05, 3.63) is 21.9 Å². The van der Waals surface area contributed by atoms with Crippen LogP contribution in [0, 0.1) is 5.92 Å². The first-order valence-corrected chi connectivity index (χ1v) is 7.37. The molecule has 0 aliphatic heterocycles. The van der Waals surface area contributed by atoms with Gasteiger partial charge in [0.25, 0.3) is 0 Å². The quantitative estimate of drug-likeness (QED) is 0.662. The van der Waals surface area contributed by atoms with Crippen molar-refractivity contribution in [2.75, 3.05) is 5.33 Å². The van der Waals surface area contributed by atoms with Gasteiger partial charge in [0.1, 0.15) is 0 Å². The molecule has 0 nitrogen and oxygen atoms in total. The van der Waals surface area contributed by atoms with E-state index in [-0.39, 0.29) is 0 Å². The van der Waals surface area contributed by atoms with Crippen molar-refractivity contribution in [3.8, 4) is 0 Å². The maximum absolute atomic E-state index is 3.60. The van der Waals surface area contributed by atoms with E-state index in [0.717, 1.165) is 11.2 Å². The minimum absolute atomic E-state index is 0.823. The highest BCUT2D eigenvalue weighted by Crippen LogP contribution is 2.23. The monoisotopic (exact) mass is 274 g/mol. The van der Waals surface area contributed by atoms with Crippen LogP contribution in [0.5, 0.6) is 0 Å². The smallest absolute Gasteiger partial charge is 0.00631 e. The fraction of sp³-hybridized carbons (Fsp3) is 0.667. The van der Waals surface area contributed by atoms with E-state index in [1.54, 1.807) is 4.88 Å². The number of rotatable bonds is 6. The van der Waals surface area contributed by atoms with Crippen molar-refractivity contribution in [2.45, 2.75) is 39.5 Å². The van der Waals surface area contributed by atoms with Gasteiger partial charge in [0.15, 0.2) is 0 Å². The van der Waals surface area contributed by atoms with Crippen LogP contribution in [-0.2, 0) is 12.8 Å². The Hall–Kier alpha value is 0.180. The summed E-state index contributed by atoms with van der Waals surface area (Å²) in [5.74, 6) is 0.823. The van der Waals surface area contributed by atoms with Crippen LogP contribution in [0.15, 0.2) is 12.1 Å². The van der Waals surface area contributed by atoms with Gasteiger partial charge in [-0.25, -0.2) is 0 Å². The van der Waals surface area contributed by atoms with E-state index in [0.29, 0.717) is 0 Å². The van der Waals surface area contributed by atoms with Gasteiger partial charge in [-0.1, -0.05) is 36.2 Å². The van der Waals surface area contributed by atoms with Crippen LogP contribution in [0.3, 0.4) is 0 Å². The van der Waals surface area contributed by atoms with Crippen molar-refractivity contribution in [3.63, 3.8) is 0 Å². The maximum Gasteiger partial charge on any atom is 0.00631 e. The molecule has 2 heteroatoms. The van der Waals surface area contributed by atoms with Crippen LogP contribution in [0.4, 0.5) is 0 Å². The second-order valence-corrected chi connectivity index (χ2v) is 5.64. The summed E-state index contributed by atoms with van der Waals surface area (Å²) in [6, 6.07) is 4.58. The van der Waals surface area contributed by atoms with Crippen LogP contribution in [-0.4, -0.2) is 5.33 Å². The first-order chi connectivity index (χ1) is 6.80. The first-order valence-electron chi connectivity index (χ1n) is 5.43. The molecule has 1 aromatic rings. The fourth-order valence-corrected chi connectivity index (χ4v) is 3.27. The van der Waals surface area contributed by atoms with Gasteiger partial charge in [0.05, 0.1) is 0 Å². The summed E-state index contributed by atoms with van der Waals surface area (Å²) in [5.41, 5.74) is 0. The van der Waals surface area contributed by atoms with Crippen LogP contribution < -0.4 is 0 Å². The predicted octanol–water partition coefficient (Wildman–Crippen LogP) is 4.66. The van der Waals surface area contributed by atoms with Crippen molar-refractivity contribution >= 4 is 27.3 Å². The third kappa shape index (κ3) is 3.74. The minimum Gasteiger partial charge on any atom is -0.145 e. The predicted molar refractivity (Wildman–Crippen MR) is 69.6 cm³/mol. The van der Waals surface area contributed by atoms with Gasteiger partial charge < -0.3 is 0 Å². The first kappa shape index (κ1) is 12.3. The Balaban J connectivity index is 2.48. The van der Waals surface area contributed by atoms with E-state index in [2.05, 4.69) is 41.9 Å². The van der Waals surface area contributed by atoms with E-state index in [9.17, 15) is 0 Å². The third-order valence-corrected chi connectivity index (χ3v) is 4.64. The molecule has 80 valence electrons. The lowest BCUT2D eigenvalue weighted by atomic mass is 10.0. The molecule has 0 spiro atoms. The molecule has 0 aliphatic carbocycles. The van der Waals surface area contributed by atoms with Crippen molar-refractivity contribution in [1.29, 1.82) is 0 Å². The lowest BCUT2D eigenvalue weighted by Crippen LogP contribution is -2.04. The molecule has 0 bridgehead atoms. The Morgan fingerprint density at radius 2 is 2.00 bits per heavy atom. The third-order valence-electron chi connectivity index (χ3n) is 2.47. The average molecular weight is 275 g/mol. The number of alkyl halides is 1. The molecule has 0 radical (unpaired) electrons. The molecule has 1 atom stereocenters. The summed E-state index contributed by atoms with van der Waals surface area (Å²) in [6.07, 6.45) is 5.06. The van der Waals surface area contributed by atoms with E-state index >= 15 is 0 Å². The van der Waals surface area contributed by atoms with Crippen LogP contribution >= 0.6 is 27.3 Å². The molecule has 0 amide bonds. The normalized spacial score (nSPS) is 13.1. The van der Waals surface area contributed by atoms with E-state index < -0.39 is 0 Å². The standard InChI is InChI=1S/C12H19BrS/c1-3-5-10(9-13)8-12-7-6-11(4-2)14-12/h6-7,10H,3-5,8-9H2,1-2H3. The van der Waals surface area contributed by atoms with E-state index in [1.165, 1.54) is 30.6 Å². The number of thiophene rings is 1. The lowest BCUT2D eigenvalue weighted by molar-refractivity contribution is 0.538. The Kier molecular flexibility index (Phi) is 5.80. The summed E-state index contributed by atoms with van der Waals surface area (Å²) in [4.78, 5) is 3.07. The zero-order valence-electron chi connectivity index (χ0n) is 9.05. The minimum atomic E-state index is 0.823. The molecule has 0 aromatic carbocycles. The maximum atomic E-state index is 3.60. The Bertz CT molecular complexity index is 255. The molecule has 1 unspecified atom stereocenters. The molecule has 0 fully saturated rings. The van der Waals surface area contributed by atoms with Crippen molar-refractivity contribution in [1.82, 2.24) is 0 Å². The largest absolute Gasteiger partial charge is 0.145 e. The summed E-state index contributed by atoms with van der Waals surface area (Å²) >= 11 is 5.58. The molecule has 0 N–H and O–H groups in total. The van der Waals surface area contributed by atoms with Crippen LogP contribution in [0.25, 0.3) is 0 Å². The molecule has 0 saturated carbocycles. The number of halogens is 1. The van der Waals surface area contributed by atoms with Crippen molar-refractivity contribution < 1.29 is 0 Å². The van der Waals surface area contributed by atoms with Gasteiger partial charge >= 0.3 is 0 Å². The molecule has 14 heavy (non-hydrogen) atoms. The van der Waals surface area contributed by atoms with Crippen LogP contribution in [0.2, 0.25) is 0 Å². The van der Waals surface area contributed by atoms with Gasteiger partial charge in [0.2, 0.25) is 0 Å². The lowest BCUT2D eigenvalue weighted by Gasteiger charge is -2.10. The van der Waals surface area contributed by atoms with Crippen LogP contribution in [0.1, 0.15) is 36.4 Å². The van der Waals surface area contributed by atoms with Crippen molar-refractivity contribution in [2.24, 2.45) is 5.92 Å². The summed E-state index contributed by atoms with van der Waals surface area (Å²) in [5, 5.41) is 1.14. The molecule has 1 heterocycles. The summed E-state index contributed by atoms with van der Waals surface area (Å²) in [7, 11) is 0. The Labute approximate surface area is 99.9 Å². The summed E-state index contributed by atoms with van der Waals surface area (Å²) < 4.78 is 0. The Morgan fingerprint density at radius 1 is 1.29 bits per heavy atom. The zero-order valence-corrected chi connectivity index (χ0v) is 11.5. The topological polar surface area (TPSA) is 0 Å². The summed E-state index contributed by atoms with van der Waals surface area (Å²) in [6.45, 7) is 4.49. The zero-order chi connectivity index (χ0) is 10.4. The molecular weight excluding hydrogens is 256 g/mol.